The molecule has 4 rings (SSSR count). The van der Waals surface area contributed by atoms with E-state index in [1.54, 1.807) is 0 Å². The Kier molecular flexibility index (Phi) is 6.27. The van der Waals surface area contributed by atoms with Crippen LogP contribution in [0.25, 0.3) is 22.3 Å². The summed E-state index contributed by atoms with van der Waals surface area (Å²) in [6, 6.07) is 7.55. The number of benzene rings is 1. The van der Waals surface area contributed by atoms with E-state index in [0.717, 1.165) is 19.0 Å². The summed E-state index contributed by atoms with van der Waals surface area (Å²) in [5.41, 5.74) is 1.50. The van der Waals surface area contributed by atoms with Gasteiger partial charge in [0.15, 0.2) is 0 Å². The number of sulfonamides is 1. The lowest BCUT2D eigenvalue weighted by Crippen LogP contribution is -2.37. The molecule has 33 heavy (non-hydrogen) atoms. The highest BCUT2D eigenvalue weighted by atomic mass is 32.2. The number of hydrogen-bond acceptors (Lipinski definition) is 5. The number of hydrogen-bond donors (Lipinski definition) is 1. The highest BCUT2D eigenvalue weighted by Crippen LogP contribution is 2.45. The van der Waals surface area contributed by atoms with Gasteiger partial charge in [0.2, 0.25) is 10.0 Å². The van der Waals surface area contributed by atoms with Gasteiger partial charge < -0.3 is 9.30 Å². The van der Waals surface area contributed by atoms with Crippen molar-refractivity contribution in [3.8, 4) is 23.2 Å². The quantitative estimate of drug-likeness (QED) is 0.464. The van der Waals surface area contributed by atoms with Gasteiger partial charge in [-0.1, -0.05) is 0 Å². The molecular weight excluding hydrogens is 464 g/mol. The molecule has 0 radical (unpaired) electrons. The van der Waals surface area contributed by atoms with E-state index in [1.165, 1.54) is 30.3 Å². The van der Waals surface area contributed by atoms with Crippen molar-refractivity contribution in [2.75, 3.05) is 13.3 Å². The molecule has 2 aromatic heterocycles. The largest absolute Gasteiger partial charge is 0.435 e. The minimum absolute atomic E-state index is 0.0214. The van der Waals surface area contributed by atoms with E-state index in [9.17, 15) is 31.2 Å². The molecule has 0 bridgehead atoms. The average Bonchev–Trinajstić information content (AvgIpc) is 3.58. The molecule has 3 aromatic rings. The standard InChI is InChI=1S/C21H18F4N4O3S/c22-8-12(9-23)28-33(30,31)15-4-6-18(27-11-15)20-17(10-26)16-5-3-14(32-21(24)25)7-19(16)29(20)13-1-2-13/h3-7,11-13,21,28H,1-2,8-9H2. The van der Waals surface area contributed by atoms with Crippen LogP contribution in [-0.2, 0) is 10.0 Å². The van der Waals surface area contributed by atoms with Crippen molar-refractivity contribution in [3.63, 3.8) is 0 Å². The van der Waals surface area contributed by atoms with Gasteiger partial charge in [-0.3, -0.25) is 4.98 Å². The molecule has 0 aliphatic heterocycles. The molecule has 1 N–H and O–H groups in total. The maximum atomic E-state index is 12.7. The first-order valence-electron chi connectivity index (χ1n) is 9.92. The van der Waals surface area contributed by atoms with Crippen LogP contribution in [0.3, 0.4) is 0 Å². The fourth-order valence-electron chi connectivity index (χ4n) is 3.61. The number of nitrogens with zero attached hydrogens (tertiary/aromatic N) is 3. The fourth-order valence-corrected chi connectivity index (χ4v) is 4.75. The number of nitriles is 1. The van der Waals surface area contributed by atoms with Crippen molar-refractivity contribution in [2.45, 2.75) is 36.4 Å². The Morgan fingerprint density at radius 1 is 1.21 bits per heavy atom. The number of fused-ring (bicyclic) bond motifs is 1. The number of pyridine rings is 1. The smallest absolute Gasteiger partial charge is 0.387 e. The zero-order valence-electron chi connectivity index (χ0n) is 17.0. The van der Waals surface area contributed by atoms with Gasteiger partial charge in [-0.05, 0) is 37.1 Å². The third-order valence-electron chi connectivity index (χ3n) is 5.21. The maximum absolute atomic E-state index is 12.7. The second kappa shape index (κ2) is 8.99. The van der Waals surface area contributed by atoms with Crippen molar-refractivity contribution in [2.24, 2.45) is 0 Å². The van der Waals surface area contributed by atoms with Crippen LogP contribution in [0, 0.1) is 11.3 Å². The van der Waals surface area contributed by atoms with Crippen molar-refractivity contribution >= 4 is 20.9 Å². The Morgan fingerprint density at radius 3 is 2.48 bits per heavy atom. The van der Waals surface area contributed by atoms with E-state index in [1.807, 2.05) is 9.29 Å². The van der Waals surface area contributed by atoms with Crippen LogP contribution in [0.2, 0.25) is 0 Å². The summed E-state index contributed by atoms with van der Waals surface area (Å²) in [5.74, 6) is -0.0521. The maximum Gasteiger partial charge on any atom is 0.387 e. The molecule has 1 saturated carbocycles. The summed E-state index contributed by atoms with van der Waals surface area (Å²) >= 11 is 0. The van der Waals surface area contributed by atoms with Crippen LogP contribution in [0.1, 0.15) is 24.4 Å². The van der Waals surface area contributed by atoms with Gasteiger partial charge in [-0.15, -0.1) is 0 Å². The van der Waals surface area contributed by atoms with Gasteiger partial charge in [-0.2, -0.15) is 14.0 Å². The summed E-state index contributed by atoms with van der Waals surface area (Å²) in [6.07, 6.45) is 2.66. The summed E-state index contributed by atoms with van der Waals surface area (Å²) in [4.78, 5) is 3.90. The van der Waals surface area contributed by atoms with Crippen LogP contribution < -0.4 is 9.46 Å². The normalized spacial score (nSPS) is 14.2. The third kappa shape index (κ3) is 4.51. The zero-order chi connectivity index (χ0) is 23.8. The molecule has 12 heteroatoms. The first kappa shape index (κ1) is 23.0. The van der Waals surface area contributed by atoms with Gasteiger partial charge in [0.05, 0.1) is 28.5 Å². The SMILES string of the molecule is N#Cc1c(-c2ccc(S(=O)(=O)NC(CF)CF)cn2)n(C2CC2)c2cc(OC(F)F)ccc12. The third-order valence-corrected chi connectivity index (χ3v) is 6.71. The van der Waals surface area contributed by atoms with Gasteiger partial charge in [-0.25, -0.2) is 21.9 Å². The summed E-state index contributed by atoms with van der Waals surface area (Å²) < 4.78 is 83.8. The molecular formula is C21H18F4N4O3S. The van der Waals surface area contributed by atoms with E-state index in [0.29, 0.717) is 16.6 Å². The Bertz CT molecular complexity index is 1310. The van der Waals surface area contributed by atoms with Crippen LogP contribution >= 0.6 is 0 Å². The number of halogens is 4. The van der Waals surface area contributed by atoms with E-state index in [2.05, 4.69) is 15.8 Å². The highest BCUT2D eigenvalue weighted by Gasteiger charge is 2.31. The molecule has 0 spiro atoms. The minimum Gasteiger partial charge on any atom is -0.435 e. The number of nitrogens with one attached hydrogen (secondary N) is 1. The fraction of sp³-hybridized carbons (Fsp3) is 0.333. The molecule has 2 heterocycles. The van der Waals surface area contributed by atoms with Crippen LogP contribution in [0.15, 0.2) is 41.4 Å². The number of rotatable bonds is 9. The van der Waals surface area contributed by atoms with E-state index in [4.69, 9.17) is 0 Å². The van der Waals surface area contributed by atoms with Gasteiger partial charge in [0.1, 0.15) is 30.1 Å². The molecule has 0 saturated heterocycles. The summed E-state index contributed by atoms with van der Waals surface area (Å²) in [7, 11) is -4.21. The van der Waals surface area contributed by atoms with Crippen molar-refractivity contribution < 1.29 is 30.7 Å². The van der Waals surface area contributed by atoms with Gasteiger partial charge in [0, 0.05) is 23.7 Å². The second-order valence-electron chi connectivity index (χ2n) is 7.50. The molecule has 174 valence electrons. The summed E-state index contributed by atoms with van der Waals surface area (Å²) in [5, 5.41) is 10.3. The lowest BCUT2D eigenvalue weighted by atomic mass is 10.1. The first-order valence-corrected chi connectivity index (χ1v) is 11.4. The van der Waals surface area contributed by atoms with Crippen molar-refractivity contribution in [3.05, 3.63) is 42.1 Å². The Hall–Kier alpha value is -3.17. The average molecular weight is 482 g/mol. The van der Waals surface area contributed by atoms with Gasteiger partial charge in [0.25, 0.3) is 0 Å². The molecule has 1 fully saturated rings. The Morgan fingerprint density at radius 2 is 1.94 bits per heavy atom. The zero-order valence-corrected chi connectivity index (χ0v) is 17.8. The number of ether oxygens (including phenoxy) is 1. The van der Waals surface area contributed by atoms with Crippen LogP contribution in [0.5, 0.6) is 5.75 Å². The second-order valence-corrected chi connectivity index (χ2v) is 9.21. The lowest BCUT2D eigenvalue weighted by molar-refractivity contribution is -0.0497. The first-order chi connectivity index (χ1) is 15.8. The highest BCUT2D eigenvalue weighted by molar-refractivity contribution is 7.89. The van der Waals surface area contributed by atoms with E-state index >= 15 is 0 Å². The molecule has 0 amide bonds. The van der Waals surface area contributed by atoms with Crippen molar-refractivity contribution in [1.82, 2.24) is 14.3 Å². The lowest BCUT2D eigenvalue weighted by Gasteiger charge is -2.13. The molecule has 1 aromatic carbocycles. The monoisotopic (exact) mass is 482 g/mol. The molecule has 0 unspecified atom stereocenters. The minimum atomic E-state index is -4.21. The topological polar surface area (TPSA) is 97.0 Å². The summed E-state index contributed by atoms with van der Waals surface area (Å²) in [6.45, 7) is -5.40. The predicted molar refractivity (Wildman–Crippen MR) is 111 cm³/mol. The Balaban J connectivity index is 1.80. The molecule has 1 aliphatic carbocycles. The molecule has 0 atom stereocenters. The Labute approximate surface area is 186 Å². The number of alkyl halides is 4. The van der Waals surface area contributed by atoms with Gasteiger partial charge >= 0.3 is 6.61 Å². The van der Waals surface area contributed by atoms with Crippen LogP contribution in [-0.4, -0.2) is 44.0 Å². The molecule has 1 aliphatic rings. The predicted octanol–water partition coefficient (Wildman–Crippen LogP) is 4.10. The molecule has 7 nitrogen and oxygen atoms in total. The van der Waals surface area contributed by atoms with Crippen LogP contribution in [0.4, 0.5) is 17.6 Å². The number of aromatic nitrogens is 2. The van der Waals surface area contributed by atoms with Crippen molar-refractivity contribution in [1.29, 1.82) is 5.26 Å². The van der Waals surface area contributed by atoms with E-state index in [-0.39, 0.29) is 27.9 Å². The van der Waals surface area contributed by atoms with E-state index < -0.39 is 36.0 Å².